The number of thiazole rings is 1. The van der Waals surface area contributed by atoms with E-state index in [1.807, 2.05) is 0 Å². The third kappa shape index (κ3) is 5.09. The molecular weight excluding hydrogens is 541 g/mol. The van der Waals surface area contributed by atoms with E-state index in [0.717, 1.165) is 22.7 Å². The Balaban J connectivity index is 1.69. The molecule has 1 fully saturated rings. The molecule has 3 aromatic rings. The molecule has 0 spiro atoms. The van der Waals surface area contributed by atoms with Crippen molar-refractivity contribution in [3.05, 3.63) is 44.5 Å². The lowest BCUT2D eigenvalue weighted by atomic mass is 9.99. The number of hydrogen-bond acceptors (Lipinski definition) is 7. The Labute approximate surface area is 214 Å². The standard InChI is InChI=1S/C21H21Cl2N3O5S3/c1-2-31-16(27)12-26-18-14(22)7-8-15(23)19(18)33-21(26)24-20(28)13-5-3-9-25(11-13)34(29,30)17-6-4-10-32-17/h4,6-8,10,13H,2-3,5,9,11-12H2,1H3. The lowest BCUT2D eigenvalue weighted by molar-refractivity contribution is -0.143. The number of ether oxygens (including phenoxy) is 1. The van der Waals surface area contributed by atoms with E-state index in [-0.39, 0.29) is 28.7 Å². The van der Waals surface area contributed by atoms with Gasteiger partial charge in [-0.3, -0.25) is 9.59 Å². The molecule has 13 heteroatoms. The molecule has 8 nitrogen and oxygen atoms in total. The van der Waals surface area contributed by atoms with Gasteiger partial charge in [0.05, 0.1) is 32.8 Å². The van der Waals surface area contributed by atoms with Crippen molar-refractivity contribution in [1.29, 1.82) is 0 Å². The van der Waals surface area contributed by atoms with Crippen LogP contribution in [0, 0.1) is 5.92 Å². The number of esters is 1. The largest absolute Gasteiger partial charge is 0.465 e. The molecule has 2 aromatic heterocycles. The fourth-order valence-electron chi connectivity index (χ4n) is 3.76. The van der Waals surface area contributed by atoms with Gasteiger partial charge in [0, 0.05) is 13.1 Å². The molecule has 1 saturated heterocycles. The van der Waals surface area contributed by atoms with E-state index in [1.54, 1.807) is 36.6 Å². The number of carbonyl (C=O) groups excluding carboxylic acids is 2. The number of carbonyl (C=O) groups is 2. The highest BCUT2D eigenvalue weighted by atomic mass is 35.5. The van der Waals surface area contributed by atoms with Gasteiger partial charge in [0.1, 0.15) is 10.8 Å². The number of nitrogens with zero attached hydrogens (tertiary/aromatic N) is 3. The van der Waals surface area contributed by atoms with Crippen LogP contribution in [0.15, 0.2) is 38.8 Å². The molecule has 0 radical (unpaired) electrons. The number of piperidine rings is 1. The number of hydrogen-bond donors (Lipinski definition) is 0. The fourth-order valence-corrected chi connectivity index (χ4v) is 8.08. The molecule has 34 heavy (non-hydrogen) atoms. The smallest absolute Gasteiger partial charge is 0.326 e. The average Bonchev–Trinajstić information content (AvgIpc) is 3.47. The van der Waals surface area contributed by atoms with Crippen LogP contribution in [0.3, 0.4) is 0 Å². The summed E-state index contributed by atoms with van der Waals surface area (Å²) >= 11 is 15.0. The van der Waals surface area contributed by atoms with Crippen LogP contribution in [0.4, 0.5) is 0 Å². The van der Waals surface area contributed by atoms with E-state index in [9.17, 15) is 18.0 Å². The molecule has 0 saturated carbocycles. The summed E-state index contributed by atoms with van der Waals surface area (Å²) in [4.78, 5) is 29.9. The fraction of sp³-hybridized carbons (Fsp3) is 0.381. The minimum absolute atomic E-state index is 0.0485. The second-order valence-corrected chi connectivity index (χ2v) is 12.5. The Kier molecular flexibility index (Phi) is 7.80. The molecule has 1 aliphatic rings. The molecule has 0 bridgehead atoms. The Hall–Kier alpha value is -1.76. The summed E-state index contributed by atoms with van der Waals surface area (Å²) in [5, 5.41) is 2.48. The normalized spacial score (nSPS) is 17.9. The van der Waals surface area contributed by atoms with Crippen molar-refractivity contribution in [2.45, 2.75) is 30.5 Å². The van der Waals surface area contributed by atoms with Gasteiger partial charge >= 0.3 is 5.97 Å². The number of fused-ring (bicyclic) bond motifs is 1. The average molecular weight is 563 g/mol. The van der Waals surface area contributed by atoms with Crippen LogP contribution in [0.25, 0.3) is 10.2 Å². The predicted molar refractivity (Wildman–Crippen MR) is 133 cm³/mol. The van der Waals surface area contributed by atoms with Crippen LogP contribution in [0.2, 0.25) is 10.0 Å². The van der Waals surface area contributed by atoms with Crippen molar-refractivity contribution >= 4 is 78.0 Å². The molecule has 1 amide bonds. The van der Waals surface area contributed by atoms with Gasteiger partial charge in [0.2, 0.25) is 0 Å². The molecule has 0 N–H and O–H groups in total. The molecule has 0 aliphatic carbocycles. The third-order valence-electron chi connectivity index (χ3n) is 5.35. The number of halogens is 2. The summed E-state index contributed by atoms with van der Waals surface area (Å²) in [5.41, 5.74) is 0.490. The lowest BCUT2D eigenvalue weighted by Gasteiger charge is -2.29. The van der Waals surface area contributed by atoms with Crippen molar-refractivity contribution in [1.82, 2.24) is 8.87 Å². The van der Waals surface area contributed by atoms with Crippen molar-refractivity contribution in [2.24, 2.45) is 10.9 Å². The van der Waals surface area contributed by atoms with Gasteiger partial charge in [0.15, 0.2) is 4.80 Å². The Morgan fingerprint density at radius 3 is 2.71 bits per heavy atom. The molecule has 1 aromatic carbocycles. The Morgan fingerprint density at radius 1 is 1.24 bits per heavy atom. The van der Waals surface area contributed by atoms with Crippen molar-refractivity contribution < 1.29 is 22.7 Å². The van der Waals surface area contributed by atoms with Gasteiger partial charge in [0.25, 0.3) is 15.9 Å². The molecule has 1 unspecified atom stereocenters. The molecule has 182 valence electrons. The molecule has 1 atom stereocenters. The first-order chi connectivity index (χ1) is 16.2. The van der Waals surface area contributed by atoms with Gasteiger partial charge in [-0.2, -0.15) is 9.30 Å². The van der Waals surface area contributed by atoms with Crippen molar-refractivity contribution in [3.8, 4) is 0 Å². The number of amides is 1. The van der Waals surface area contributed by atoms with Crippen LogP contribution < -0.4 is 4.80 Å². The van der Waals surface area contributed by atoms with Gasteiger partial charge in [-0.25, -0.2) is 8.42 Å². The highest BCUT2D eigenvalue weighted by molar-refractivity contribution is 7.91. The summed E-state index contributed by atoms with van der Waals surface area (Å²) in [6.07, 6.45) is 1.06. The Morgan fingerprint density at radius 2 is 2.00 bits per heavy atom. The second-order valence-electron chi connectivity index (χ2n) is 7.57. The topological polar surface area (TPSA) is 98.0 Å². The number of rotatable bonds is 6. The summed E-state index contributed by atoms with van der Waals surface area (Å²) < 4.78 is 34.6. The predicted octanol–water partition coefficient (Wildman–Crippen LogP) is 4.16. The van der Waals surface area contributed by atoms with Crippen LogP contribution in [0.1, 0.15) is 19.8 Å². The minimum atomic E-state index is -3.66. The van der Waals surface area contributed by atoms with Gasteiger partial charge in [-0.15, -0.1) is 11.3 Å². The van der Waals surface area contributed by atoms with Crippen LogP contribution >= 0.6 is 45.9 Å². The van der Waals surface area contributed by atoms with E-state index in [2.05, 4.69) is 4.99 Å². The molecule has 4 rings (SSSR count). The monoisotopic (exact) mass is 561 g/mol. The summed E-state index contributed by atoms with van der Waals surface area (Å²) in [6.45, 7) is 2.11. The van der Waals surface area contributed by atoms with Gasteiger partial charge < -0.3 is 9.30 Å². The number of sulfonamides is 1. The van der Waals surface area contributed by atoms with Gasteiger partial charge in [-0.1, -0.05) is 40.6 Å². The van der Waals surface area contributed by atoms with Crippen LogP contribution in [0.5, 0.6) is 0 Å². The third-order valence-corrected chi connectivity index (χ3v) is 10.4. The first-order valence-corrected chi connectivity index (χ1v) is 14.4. The highest BCUT2D eigenvalue weighted by Crippen LogP contribution is 2.32. The minimum Gasteiger partial charge on any atom is -0.465 e. The first kappa shape index (κ1) is 25.3. The van der Waals surface area contributed by atoms with Crippen LogP contribution in [-0.4, -0.2) is 48.9 Å². The van der Waals surface area contributed by atoms with E-state index in [1.165, 1.54) is 8.87 Å². The zero-order chi connectivity index (χ0) is 24.5. The summed E-state index contributed by atoms with van der Waals surface area (Å²) in [5.74, 6) is -1.56. The van der Waals surface area contributed by atoms with E-state index < -0.39 is 27.8 Å². The summed E-state index contributed by atoms with van der Waals surface area (Å²) in [6, 6.07) is 6.48. The SMILES string of the molecule is CCOC(=O)Cn1c(=NC(=O)C2CCCN(S(=O)(=O)c3cccs3)C2)sc2c(Cl)ccc(Cl)c21. The lowest BCUT2D eigenvalue weighted by Crippen LogP contribution is -2.42. The van der Waals surface area contributed by atoms with E-state index >= 15 is 0 Å². The second kappa shape index (κ2) is 10.5. The number of benzene rings is 1. The summed E-state index contributed by atoms with van der Waals surface area (Å²) in [7, 11) is -3.66. The highest BCUT2D eigenvalue weighted by Gasteiger charge is 2.34. The van der Waals surface area contributed by atoms with E-state index in [4.69, 9.17) is 27.9 Å². The first-order valence-electron chi connectivity index (χ1n) is 10.5. The number of thiophene rings is 1. The van der Waals surface area contributed by atoms with Gasteiger partial charge in [-0.05, 0) is 43.3 Å². The molecule has 3 heterocycles. The quantitative estimate of drug-likeness (QED) is 0.421. The maximum atomic E-state index is 13.2. The zero-order valence-electron chi connectivity index (χ0n) is 18.1. The molecule has 1 aliphatic heterocycles. The van der Waals surface area contributed by atoms with Crippen LogP contribution in [-0.2, 0) is 30.9 Å². The van der Waals surface area contributed by atoms with E-state index in [0.29, 0.717) is 39.6 Å². The zero-order valence-corrected chi connectivity index (χ0v) is 22.0. The molecular formula is C21H21Cl2N3O5S3. The number of aromatic nitrogens is 1. The Bertz CT molecular complexity index is 1400. The maximum absolute atomic E-state index is 13.2. The van der Waals surface area contributed by atoms with Crippen molar-refractivity contribution in [3.63, 3.8) is 0 Å². The van der Waals surface area contributed by atoms with Crippen molar-refractivity contribution in [2.75, 3.05) is 19.7 Å². The maximum Gasteiger partial charge on any atom is 0.326 e.